The van der Waals surface area contributed by atoms with E-state index >= 15 is 0 Å². The van der Waals surface area contributed by atoms with Gasteiger partial charge in [0, 0.05) is 31.8 Å². The standard InChI is InChI=1S/C15H28N2O/c1-12(14-6-8-18-11-14)17(9-13-4-5-13)10-15-3-2-7-16-15/h12-16H,2-11H2,1H3. The van der Waals surface area contributed by atoms with Gasteiger partial charge >= 0.3 is 0 Å². The summed E-state index contributed by atoms with van der Waals surface area (Å²) in [6.45, 7) is 8.21. The van der Waals surface area contributed by atoms with Gasteiger partial charge in [0.15, 0.2) is 0 Å². The predicted molar refractivity (Wildman–Crippen MR) is 73.7 cm³/mol. The molecule has 0 aromatic carbocycles. The van der Waals surface area contributed by atoms with Gasteiger partial charge in [0.1, 0.15) is 0 Å². The van der Waals surface area contributed by atoms with Crippen LogP contribution in [0.3, 0.4) is 0 Å². The van der Waals surface area contributed by atoms with E-state index in [0.717, 1.165) is 31.1 Å². The summed E-state index contributed by atoms with van der Waals surface area (Å²) in [7, 11) is 0. The van der Waals surface area contributed by atoms with Crippen molar-refractivity contribution in [3.63, 3.8) is 0 Å². The van der Waals surface area contributed by atoms with Gasteiger partial charge in [-0.05, 0) is 57.4 Å². The molecule has 0 aromatic rings. The second-order valence-electron chi connectivity index (χ2n) is 6.55. The molecule has 3 rings (SSSR count). The average Bonchev–Trinajstić information content (AvgIpc) is 2.88. The van der Waals surface area contributed by atoms with Gasteiger partial charge in [0.2, 0.25) is 0 Å². The van der Waals surface area contributed by atoms with Crippen LogP contribution >= 0.6 is 0 Å². The molecular formula is C15H28N2O. The summed E-state index contributed by atoms with van der Waals surface area (Å²) in [4.78, 5) is 2.76. The SMILES string of the molecule is CC(C1CCOC1)N(CC1CC1)CC1CCCN1. The van der Waals surface area contributed by atoms with Crippen molar-refractivity contribution in [2.75, 3.05) is 32.8 Å². The van der Waals surface area contributed by atoms with Gasteiger partial charge in [-0.25, -0.2) is 0 Å². The number of nitrogens with one attached hydrogen (secondary N) is 1. The van der Waals surface area contributed by atoms with E-state index in [1.54, 1.807) is 0 Å². The topological polar surface area (TPSA) is 24.5 Å². The lowest BCUT2D eigenvalue weighted by molar-refractivity contribution is 0.116. The molecule has 0 radical (unpaired) electrons. The molecule has 1 saturated carbocycles. The van der Waals surface area contributed by atoms with Crippen molar-refractivity contribution in [3.8, 4) is 0 Å². The van der Waals surface area contributed by atoms with Gasteiger partial charge in [-0.1, -0.05) is 0 Å². The highest BCUT2D eigenvalue weighted by Crippen LogP contribution is 2.32. The van der Waals surface area contributed by atoms with E-state index in [2.05, 4.69) is 17.1 Å². The van der Waals surface area contributed by atoms with Crippen molar-refractivity contribution >= 4 is 0 Å². The molecule has 3 unspecified atom stereocenters. The maximum Gasteiger partial charge on any atom is 0.0509 e. The van der Waals surface area contributed by atoms with Crippen LogP contribution in [0.5, 0.6) is 0 Å². The first kappa shape index (κ1) is 12.9. The zero-order valence-electron chi connectivity index (χ0n) is 11.7. The Bertz CT molecular complexity index is 255. The lowest BCUT2D eigenvalue weighted by Crippen LogP contribution is -2.46. The summed E-state index contributed by atoms with van der Waals surface area (Å²) >= 11 is 0. The summed E-state index contributed by atoms with van der Waals surface area (Å²) in [5, 5.41) is 3.65. The van der Waals surface area contributed by atoms with Gasteiger partial charge in [0.25, 0.3) is 0 Å². The third-order valence-electron chi connectivity index (χ3n) is 5.03. The van der Waals surface area contributed by atoms with Crippen LogP contribution in [0.25, 0.3) is 0 Å². The van der Waals surface area contributed by atoms with Gasteiger partial charge in [-0.2, -0.15) is 0 Å². The maximum atomic E-state index is 5.58. The number of rotatable bonds is 6. The third kappa shape index (κ3) is 3.25. The van der Waals surface area contributed by atoms with Crippen molar-refractivity contribution < 1.29 is 4.74 Å². The fraction of sp³-hybridized carbons (Fsp3) is 1.00. The van der Waals surface area contributed by atoms with Crippen molar-refractivity contribution in [1.82, 2.24) is 10.2 Å². The monoisotopic (exact) mass is 252 g/mol. The van der Waals surface area contributed by atoms with Crippen molar-refractivity contribution in [2.45, 2.75) is 51.1 Å². The highest BCUT2D eigenvalue weighted by molar-refractivity contribution is 4.87. The summed E-state index contributed by atoms with van der Waals surface area (Å²) in [6, 6.07) is 1.45. The van der Waals surface area contributed by atoms with E-state index in [9.17, 15) is 0 Å². The smallest absolute Gasteiger partial charge is 0.0509 e. The maximum absolute atomic E-state index is 5.58. The molecule has 3 nitrogen and oxygen atoms in total. The minimum absolute atomic E-state index is 0.704. The largest absolute Gasteiger partial charge is 0.381 e. The summed E-state index contributed by atoms with van der Waals surface area (Å²) < 4.78 is 5.58. The van der Waals surface area contributed by atoms with Crippen LogP contribution in [0.4, 0.5) is 0 Å². The van der Waals surface area contributed by atoms with E-state index in [1.165, 1.54) is 51.7 Å². The van der Waals surface area contributed by atoms with Crippen LogP contribution in [0.2, 0.25) is 0 Å². The van der Waals surface area contributed by atoms with E-state index in [0.29, 0.717) is 6.04 Å². The van der Waals surface area contributed by atoms with E-state index < -0.39 is 0 Å². The first-order valence-electron chi connectivity index (χ1n) is 7.88. The molecule has 3 atom stereocenters. The highest BCUT2D eigenvalue weighted by Gasteiger charge is 2.33. The fourth-order valence-corrected chi connectivity index (χ4v) is 3.47. The first-order valence-corrected chi connectivity index (χ1v) is 7.88. The second kappa shape index (κ2) is 5.89. The lowest BCUT2D eigenvalue weighted by Gasteiger charge is -2.34. The molecule has 2 aliphatic heterocycles. The molecular weight excluding hydrogens is 224 g/mol. The van der Waals surface area contributed by atoms with Gasteiger partial charge in [0.05, 0.1) is 6.61 Å². The molecule has 2 saturated heterocycles. The lowest BCUT2D eigenvalue weighted by atomic mass is 9.98. The van der Waals surface area contributed by atoms with E-state index in [-0.39, 0.29) is 0 Å². The Morgan fingerprint density at radius 1 is 1.22 bits per heavy atom. The third-order valence-corrected chi connectivity index (χ3v) is 5.03. The quantitative estimate of drug-likeness (QED) is 0.781. The normalized spacial score (nSPS) is 34.3. The molecule has 3 fully saturated rings. The van der Waals surface area contributed by atoms with Crippen LogP contribution in [0.1, 0.15) is 39.0 Å². The molecule has 0 spiro atoms. The Labute approximate surface area is 111 Å². The van der Waals surface area contributed by atoms with E-state index in [1.807, 2.05) is 0 Å². The van der Waals surface area contributed by atoms with Gasteiger partial charge in [-0.3, -0.25) is 4.90 Å². The van der Waals surface area contributed by atoms with Crippen LogP contribution < -0.4 is 5.32 Å². The van der Waals surface area contributed by atoms with Gasteiger partial charge < -0.3 is 10.1 Å². The molecule has 1 N–H and O–H groups in total. The number of nitrogens with zero attached hydrogens (tertiary/aromatic N) is 1. The predicted octanol–water partition coefficient (Wildman–Crippen LogP) is 1.88. The number of ether oxygens (including phenoxy) is 1. The average molecular weight is 252 g/mol. The number of hydrogen-bond donors (Lipinski definition) is 1. The summed E-state index contributed by atoms with van der Waals surface area (Å²) in [5.41, 5.74) is 0. The Kier molecular flexibility index (Phi) is 4.22. The molecule has 0 bridgehead atoms. The molecule has 3 aliphatic rings. The van der Waals surface area contributed by atoms with Crippen molar-refractivity contribution in [2.24, 2.45) is 11.8 Å². The minimum Gasteiger partial charge on any atom is -0.381 e. The summed E-state index contributed by atoms with van der Waals surface area (Å²) in [5.74, 6) is 1.77. The molecule has 2 heterocycles. The van der Waals surface area contributed by atoms with E-state index in [4.69, 9.17) is 4.74 Å². The molecule has 0 amide bonds. The first-order chi connectivity index (χ1) is 8.83. The second-order valence-corrected chi connectivity index (χ2v) is 6.55. The molecule has 18 heavy (non-hydrogen) atoms. The van der Waals surface area contributed by atoms with Crippen LogP contribution in [0.15, 0.2) is 0 Å². The molecule has 3 heteroatoms. The van der Waals surface area contributed by atoms with Crippen LogP contribution in [-0.4, -0.2) is 49.8 Å². The van der Waals surface area contributed by atoms with Crippen LogP contribution in [-0.2, 0) is 4.74 Å². The Morgan fingerprint density at radius 3 is 2.72 bits per heavy atom. The molecule has 0 aromatic heterocycles. The molecule has 1 aliphatic carbocycles. The zero-order valence-corrected chi connectivity index (χ0v) is 11.7. The van der Waals surface area contributed by atoms with Gasteiger partial charge in [-0.15, -0.1) is 0 Å². The fourth-order valence-electron chi connectivity index (χ4n) is 3.47. The number of hydrogen-bond acceptors (Lipinski definition) is 3. The minimum atomic E-state index is 0.704. The Balaban J connectivity index is 1.55. The Hall–Kier alpha value is -0.120. The van der Waals surface area contributed by atoms with Crippen molar-refractivity contribution in [3.05, 3.63) is 0 Å². The zero-order chi connectivity index (χ0) is 12.4. The van der Waals surface area contributed by atoms with Crippen molar-refractivity contribution in [1.29, 1.82) is 0 Å². The highest BCUT2D eigenvalue weighted by atomic mass is 16.5. The van der Waals surface area contributed by atoms with Crippen LogP contribution in [0, 0.1) is 11.8 Å². The molecule has 104 valence electrons. The Morgan fingerprint density at radius 2 is 2.11 bits per heavy atom. The summed E-state index contributed by atoms with van der Waals surface area (Å²) in [6.07, 6.45) is 6.92.